The van der Waals surface area contributed by atoms with Crippen LogP contribution in [0.3, 0.4) is 0 Å². The third-order valence-electron chi connectivity index (χ3n) is 6.59. The number of rotatable bonds is 6. The van der Waals surface area contributed by atoms with Gasteiger partial charge in [0.25, 0.3) is 0 Å². The topological polar surface area (TPSA) is 110 Å². The predicted octanol–water partition coefficient (Wildman–Crippen LogP) is 7.19. The smallest absolute Gasteiger partial charge is 0.236 e. The Kier molecular flexibility index (Phi) is 5.50. The summed E-state index contributed by atoms with van der Waals surface area (Å²) in [4.78, 5) is 31.5. The molecular formula is C30H22N4O3. The summed E-state index contributed by atoms with van der Waals surface area (Å²) in [5, 5.41) is 18.4. The molecule has 4 aromatic carbocycles. The molecule has 0 fully saturated rings. The largest absolute Gasteiger partial charge is 0.494 e. The summed E-state index contributed by atoms with van der Waals surface area (Å²) in [7, 11) is 0. The van der Waals surface area contributed by atoms with Gasteiger partial charge in [-0.25, -0.2) is 0 Å². The highest BCUT2D eigenvalue weighted by molar-refractivity contribution is 6.09. The quantitative estimate of drug-likeness (QED) is 0.187. The van der Waals surface area contributed by atoms with E-state index in [1.54, 1.807) is 24.3 Å². The lowest BCUT2D eigenvalue weighted by Gasteiger charge is -2.18. The van der Waals surface area contributed by atoms with E-state index in [1.807, 2.05) is 78.9 Å². The molecule has 0 atom stereocenters. The average molecular weight is 487 g/mol. The summed E-state index contributed by atoms with van der Waals surface area (Å²) in [6, 6.07) is 31.9. The van der Waals surface area contributed by atoms with Crippen LogP contribution in [-0.4, -0.2) is 21.0 Å². The number of aromatic hydroxyl groups is 1. The number of hydrogen-bond donors (Lipinski definition) is 4. The van der Waals surface area contributed by atoms with E-state index in [4.69, 9.17) is 0 Å². The van der Waals surface area contributed by atoms with Gasteiger partial charge in [-0.1, -0.05) is 78.9 Å². The molecule has 2 aromatic heterocycles. The molecule has 0 spiro atoms. The van der Waals surface area contributed by atoms with Gasteiger partial charge in [0.05, 0.1) is 17.2 Å². The zero-order chi connectivity index (χ0) is 25.4. The van der Waals surface area contributed by atoms with E-state index < -0.39 is 5.92 Å². The summed E-state index contributed by atoms with van der Waals surface area (Å²) in [5.74, 6) is -0.780. The van der Waals surface area contributed by atoms with Crippen LogP contribution in [0.1, 0.15) is 17.0 Å². The fourth-order valence-corrected chi connectivity index (χ4v) is 4.91. The minimum absolute atomic E-state index is 0.0959. The zero-order valence-electron chi connectivity index (χ0n) is 19.6. The molecule has 0 radical (unpaired) electrons. The number of amides is 1. The molecule has 0 aliphatic heterocycles. The number of aromatic amines is 2. The Morgan fingerprint density at radius 1 is 0.757 bits per heavy atom. The second-order valence-electron chi connectivity index (χ2n) is 8.84. The molecule has 180 valence electrons. The van der Waals surface area contributed by atoms with Crippen molar-refractivity contribution in [2.75, 3.05) is 5.32 Å². The molecule has 1 amide bonds. The molecule has 6 aromatic rings. The highest BCUT2D eigenvalue weighted by Crippen LogP contribution is 2.44. The SMILES string of the molecule is O=Nc1c(-c2c(O)[nH]c3ccc(NC(=O)C(c4ccccc4)c4ccccc4)cc23)[nH]c2ccccc12. The Balaban J connectivity index is 1.42. The summed E-state index contributed by atoms with van der Waals surface area (Å²) in [6.45, 7) is 0. The summed E-state index contributed by atoms with van der Waals surface area (Å²) >= 11 is 0. The molecule has 6 rings (SSSR count). The fourth-order valence-electron chi connectivity index (χ4n) is 4.91. The molecule has 2 heterocycles. The van der Waals surface area contributed by atoms with Crippen molar-refractivity contribution in [3.05, 3.63) is 119 Å². The number of anilines is 1. The van der Waals surface area contributed by atoms with Crippen LogP contribution < -0.4 is 5.32 Å². The van der Waals surface area contributed by atoms with Gasteiger partial charge in [-0.3, -0.25) is 4.79 Å². The number of nitrogens with zero attached hydrogens (tertiary/aromatic N) is 1. The third kappa shape index (κ3) is 3.92. The number of para-hydroxylation sites is 1. The minimum Gasteiger partial charge on any atom is -0.494 e. The van der Waals surface area contributed by atoms with Crippen LogP contribution in [0.25, 0.3) is 33.1 Å². The molecule has 0 saturated carbocycles. The lowest BCUT2D eigenvalue weighted by molar-refractivity contribution is -0.116. The highest BCUT2D eigenvalue weighted by Gasteiger charge is 2.24. The van der Waals surface area contributed by atoms with E-state index in [0.717, 1.165) is 16.6 Å². The van der Waals surface area contributed by atoms with Crippen LogP contribution in [0, 0.1) is 4.91 Å². The van der Waals surface area contributed by atoms with Gasteiger partial charge < -0.3 is 20.4 Å². The standard InChI is InChI=1S/C30H22N4O3/c35-29(25(18-9-3-1-4-10-18)19-11-5-2-6-12-19)31-20-15-16-24-22(17-20)26(30(36)33-24)28-27(34-37)21-13-7-8-14-23(21)32-28/h1-17,25,32-33,36H,(H,31,35). The van der Waals surface area contributed by atoms with E-state index in [2.05, 4.69) is 20.5 Å². The van der Waals surface area contributed by atoms with Crippen molar-refractivity contribution in [2.24, 2.45) is 5.18 Å². The third-order valence-corrected chi connectivity index (χ3v) is 6.59. The van der Waals surface area contributed by atoms with Crippen molar-refractivity contribution in [1.82, 2.24) is 9.97 Å². The number of fused-ring (bicyclic) bond motifs is 2. The second-order valence-corrected chi connectivity index (χ2v) is 8.84. The number of hydrogen-bond acceptors (Lipinski definition) is 4. The van der Waals surface area contributed by atoms with Gasteiger partial charge in [0.2, 0.25) is 5.91 Å². The number of nitrogens with one attached hydrogen (secondary N) is 3. The van der Waals surface area contributed by atoms with Crippen LogP contribution in [0.5, 0.6) is 5.88 Å². The minimum atomic E-state index is -0.503. The Hall–Kier alpha value is -5.17. The van der Waals surface area contributed by atoms with Crippen molar-refractivity contribution in [3.8, 4) is 17.1 Å². The van der Waals surface area contributed by atoms with Gasteiger partial charge in [-0.2, -0.15) is 0 Å². The molecule has 7 nitrogen and oxygen atoms in total. The first-order chi connectivity index (χ1) is 18.1. The van der Waals surface area contributed by atoms with Crippen LogP contribution in [0.15, 0.2) is 108 Å². The lowest BCUT2D eigenvalue weighted by atomic mass is 9.90. The van der Waals surface area contributed by atoms with E-state index in [1.165, 1.54) is 0 Å². The van der Waals surface area contributed by atoms with E-state index in [9.17, 15) is 14.8 Å². The molecule has 4 N–H and O–H groups in total. The molecule has 0 unspecified atom stereocenters. The maximum Gasteiger partial charge on any atom is 0.236 e. The van der Waals surface area contributed by atoms with Crippen molar-refractivity contribution >= 4 is 39.1 Å². The van der Waals surface area contributed by atoms with Gasteiger partial charge >= 0.3 is 0 Å². The van der Waals surface area contributed by atoms with Crippen LogP contribution in [0.2, 0.25) is 0 Å². The Labute approximate surface area is 211 Å². The first-order valence-corrected chi connectivity index (χ1v) is 11.8. The van der Waals surface area contributed by atoms with Gasteiger partial charge in [0.15, 0.2) is 5.88 Å². The maximum atomic E-state index is 13.6. The highest BCUT2D eigenvalue weighted by atomic mass is 16.3. The number of carbonyl (C=O) groups is 1. The number of benzene rings is 4. The maximum absolute atomic E-state index is 13.6. The van der Waals surface area contributed by atoms with Gasteiger partial charge in [0.1, 0.15) is 5.69 Å². The van der Waals surface area contributed by atoms with Crippen molar-refractivity contribution in [3.63, 3.8) is 0 Å². The van der Waals surface area contributed by atoms with Gasteiger partial charge in [-0.15, -0.1) is 4.91 Å². The summed E-state index contributed by atoms with van der Waals surface area (Å²) < 4.78 is 0. The van der Waals surface area contributed by atoms with E-state index in [0.29, 0.717) is 33.2 Å². The van der Waals surface area contributed by atoms with E-state index >= 15 is 0 Å². The first-order valence-electron chi connectivity index (χ1n) is 11.8. The van der Waals surface area contributed by atoms with Crippen LogP contribution in [-0.2, 0) is 4.79 Å². The van der Waals surface area contributed by atoms with Gasteiger partial charge in [-0.05, 0) is 40.6 Å². The van der Waals surface area contributed by atoms with Crippen molar-refractivity contribution < 1.29 is 9.90 Å². The Morgan fingerprint density at radius 3 is 2.05 bits per heavy atom. The summed E-state index contributed by atoms with van der Waals surface area (Å²) in [6.07, 6.45) is 0. The molecular weight excluding hydrogens is 464 g/mol. The second kappa shape index (κ2) is 9.13. The predicted molar refractivity (Wildman–Crippen MR) is 146 cm³/mol. The van der Waals surface area contributed by atoms with Gasteiger partial charge in [0, 0.05) is 27.5 Å². The van der Waals surface area contributed by atoms with Crippen molar-refractivity contribution in [1.29, 1.82) is 0 Å². The normalized spacial score (nSPS) is 11.3. The number of aromatic nitrogens is 2. The van der Waals surface area contributed by atoms with Crippen molar-refractivity contribution in [2.45, 2.75) is 5.92 Å². The molecule has 0 aliphatic carbocycles. The summed E-state index contributed by atoms with van der Waals surface area (Å²) in [5.41, 5.74) is 4.76. The van der Waals surface area contributed by atoms with E-state index in [-0.39, 0.29) is 17.5 Å². The Bertz CT molecular complexity index is 1710. The molecule has 7 heteroatoms. The monoisotopic (exact) mass is 486 g/mol. The number of carbonyl (C=O) groups excluding carboxylic acids is 1. The number of nitroso groups, excluding NO2 is 1. The van der Waals surface area contributed by atoms with Crippen LogP contribution in [0.4, 0.5) is 11.4 Å². The molecule has 37 heavy (non-hydrogen) atoms. The van der Waals surface area contributed by atoms with Crippen LogP contribution >= 0.6 is 0 Å². The Morgan fingerprint density at radius 2 is 1.38 bits per heavy atom. The fraction of sp³-hybridized carbons (Fsp3) is 0.0333. The lowest BCUT2D eigenvalue weighted by Crippen LogP contribution is -2.22. The molecule has 0 bridgehead atoms. The zero-order valence-corrected chi connectivity index (χ0v) is 19.6. The average Bonchev–Trinajstić information content (AvgIpc) is 3.45. The molecule has 0 saturated heterocycles. The first kappa shape index (κ1) is 22.3. The molecule has 0 aliphatic rings. The number of H-pyrrole nitrogens is 2.